The summed E-state index contributed by atoms with van der Waals surface area (Å²) in [5.74, 6) is 1.72. The van der Waals surface area contributed by atoms with Crippen LogP contribution < -0.4 is 0 Å². The first-order chi connectivity index (χ1) is 17.3. The molecule has 0 aromatic heterocycles. The van der Waals surface area contributed by atoms with E-state index in [1.165, 1.54) is 6.42 Å². The number of hydrogen-bond donors (Lipinski definition) is 0. The number of rotatable bonds is 18. The smallest absolute Gasteiger partial charge is 0.145 e. The van der Waals surface area contributed by atoms with E-state index in [0.717, 1.165) is 47.0 Å². The standard InChI is InChI=1S/C30H44O2.C4H6O/c1-12-23(4)14-16-26(7)28(9)21-30(32-20-19-31-11)29(10)27(8)18-17-25(6)24(5)15-13-22(2)3;1-4(2)3-5/h14,16-18,21-22,24H,4,6-10,12-13,15,19-20H2,1-3,5,11H3;3H,1H2,2H3/b16-14-,18-17-,30-21+;. The zero-order valence-corrected chi connectivity index (χ0v) is 24.3. The number of hydrogen-bond acceptors (Lipinski definition) is 3. The highest BCUT2D eigenvalue weighted by Gasteiger charge is 2.10. The van der Waals surface area contributed by atoms with Crippen molar-refractivity contribution in [3.05, 3.63) is 121 Å². The second-order valence-corrected chi connectivity index (χ2v) is 9.49. The minimum Gasteiger partial charge on any atom is -0.491 e. The quantitative estimate of drug-likeness (QED) is 0.0611. The van der Waals surface area contributed by atoms with Crippen LogP contribution in [-0.2, 0) is 14.3 Å². The Kier molecular flexibility index (Phi) is 20.4. The van der Waals surface area contributed by atoms with E-state index < -0.39 is 0 Å². The molecule has 0 radical (unpaired) electrons. The monoisotopic (exact) mass is 506 g/mol. The molecule has 1 unspecified atom stereocenters. The van der Waals surface area contributed by atoms with Crippen LogP contribution in [0, 0.1) is 11.8 Å². The molecule has 0 saturated carbocycles. The maximum absolute atomic E-state index is 9.41. The summed E-state index contributed by atoms with van der Waals surface area (Å²) in [7, 11) is 1.64. The summed E-state index contributed by atoms with van der Waals surface area (Å²) in [5, 5.41) is 0. The molecule has 0 spiro atoms. The van der Waals surface area contributed by atoms with Crippen molar-refractivity contribution >= 4 is 6.29 Å². The Hall–Kier alpha value is -3.17. The van der Waals surface area contributed by atoms with Crippen molar-refractivity contribution in [3.8, 4) is 0 Å². The highest BCUT2D eigenvalue weighted by Crippen LogP contribution is 2.24. The lowest BCUT2D eigenvalue weighted by molar-refractivity contribution is -0.104. The van der Waals surface area contributed by atoms with Crippen molar-refractivity contribution in [2.45, 2.75) is 53.9 Å². The third kappa shape index (κ3) is 18.7. The molecule has 0 rings (SSSR count). The van der Waals surface area contributed by atoms with Crippen LogP contribution in [0.1, 0.15) is 53.9 Å². The van der Waals surface area contributed by atoms with Crippen molar-refractivity contribution in [2.75, 3.05) is 20.3 Å². The number of ether oxygens (including phenoxy) is 2. The van der Waals surface area contributed by atoms with Crippen molar-refractivity contribution in [3.63, 3.8) is 0 Å². The Labute approximate surface area is 227 Å². The van der Waals surface area contributed by atoms with Crippen molar-refractivity contribution in [1.82, 2.24) is 0 Å². The maximum Gasteiger partial charge on any atom is 0.145 e. The number of methoxy groups -OCH3 is 1. The van der Waals surface area contributed by atoms with Gasteiger partial charge in [0.1, 0.15) is 18.7 Å². The fraction of sp³-hybridized carbons (Fsp3) is 0.382. The zero-order valence-electron chi connectivity index (χ0n) is 24.3. The molecule has 0 fully saturated rings. The molecule has 0 amide bonds. The van der Waals surface area contributed by atoms with Gasteiger partial charge in [-0.1, -0.05) is 116 Å². The average molecular weight is 507 g/mol. The molecule has 0 heterocycles. The highest BCUT2D eigenvalue weighted by molar-refractivity contribution is 5.70. The van der Waals surface area contributed by atoms with E-state index in [4.69, 9.17) is 9.47 Å². The zero-order chi connectivity index (χ0) is 29.0. The summed E-state index contributed by atoms with van der Waals surface area (Å²) in [4.78, 5) is 9.41. The molecular formula is C34H50O3. The van der Waals surface area contributed by atoms with Crippen molar-refractivity contribution in [2.24, 2.45) is 11.8 Å². The number of carbonyl (C=O) groups is 1. The molecule has 0 aliphatic rings. The van der Waals surface area contributed by atoms with E-state index in [-0.39, 0.29) is 0 Å². The maximum atomic E-state index is 9.41. The molecule has 0 aromatic rings. The topological polar surface area (TPSA) is 35.5 Å². The van der Waals surface area contributed by atoms with Gasteiger partial charge in [0.15, 0.2) is 0 Å². The third-order valence-corrected chi connectivity index (χ3v) is 5.43. The second kappa shape index (κ2) is 21.0. The largest absolute Gasteiger partial charge is 0.491 e. The minimum atomic E-state index is 0.402. The van der Waals surface area contributed by atoms with Crippen LogP contribution in [0.25, 0.3) is 0 Å². The van der Waals surface area contributed by atoms with E-state index in [2.05, 4.69) is 73.7 Å². The van der Waals surface area contributed by atoms with Crippen LogP contribution in [0.2, 0.25) is 0 Å². The molecule has 0 bridgehead atoms. The van der Waals surface area contributed by atoms with E-state index in [0.29, 0.717) is 42.0 Å². The first-order valence-corrected chi connectivity index (χ1v) is 12.7. The number of aldehydes is 1. The fourth-order valence-corrected chi connectivity index (χ4v) is 2.54. The van der Waals surface area contributed by atoms with Crippen LogP contribution in [0.15, 0.2) is 121 Å². The third-order valence-electron chi connectivity index (χ3n) is 5.43. The molecule has 0 saturated heterocycles. The van der Waals surface area contributed by atoms with Crippen LogP contribution in [0.5, 0.6) is 0 Å². The van der Waals surface area contributed by atoms with E-state index >= 15 is 0 Å². The Morgan fingerprint density at radius 1 is 0.811 bits per heavy atom. The van der Waals surface area contributed by atoms with Crippen LogP contribution in [0.3, 0.4) is 0 Å². The minimum absolute atomic E-state index is 0.402. The Balaban J connectivity index is 0. The van der Waals surface area contributed by atoms with Crippen LogP contribution in [0.4, 0.5) is 0 Å². The molecule has 204 valence electrons. The molecule has 0 aromatic carbocycles. The van der Waals surface area contributed by atoms with Gasteiger partial charge in [-0.15, -0.1) is 0 Å². The van der Waals surface area contributed by atoms with Gasteiger partial charge in [0, 0.05) is 12.7 Å². The van der Waals surface area contributed by atoms with E-state index in [1.807, 2.05) is 30.4 Å². The summed E-state index contributed by atoms with van der Waals surface area (Å²) in [6, 6.07) is 0. The normalized spacial score (nSPS) is 12.0. The molecule has 37 heavy (non-hydrogen) atoms. The molecule has 0 aliphatic carbocycles. The molecule has 3 nitrogen and oxygen atoms in total. The predicted octanol–water partition coefficient (Wildman–Crippen LogP) is 9.23. The fourth-order valence-electron chi connectivity index (χ4n) is 2.54. The predicted molar refractivity (Wildman–Crippen MR) is 163 cm³/mol. The first kappa shape index (κ1) is 36.0. The molecule has 3 heteroatoms. The SMILES string of the molecule is C=C(/C=C\C(=C)C(=C)/C=C(/OCCOC)C(=C)C(=C)/C=C\C(=C)C(C)CCC(C)C)CC.C=C(C)C=O. The number of carbonyl (C=O) groups excluding carboxylic acids is 1. The highest BCUT2D eigenvalue weighted by atomic mass is 16.5. The summed E-state index contributed by atoms with van der Waals surface area (Å²) in [6.07, 6.45) is 13.6. The first-order valence-electron chi connectivity index (χ1n) is 12.7. The lowest BCUT2D eigenvalue weighted by atomic mass is 9.92. The van der Waals surface area contributed by atoms with E-state index in [1.54, 1.807) is 14.0 Å². The molecular weight excluding hydrogens is 456 g/mol. The summed E-state index contributed by atoms with van der Waals surface area (Å²) < 4.78 is 11.0. The van der Waals surface area contributed by atoms with Gasteiger partial charge in [0.2, 0.25) is 0 Å². The van der Waals surface area contributed by atoms with Crippen molar-refractivity contribution in [1.29, 1.82) is 0 Å². The molecule has 0 N–H and O–H groups in total. The van der Waals surface area contributed by atoms with E-state index in [9.17, 15) is 4.79 Å². The van der Waals surface area contributed by atoms with Gasteiger partial charge >= 0.3 is 0 Å². The Morgan fingerprint density at radius 3 is 1.86 bits per heavy atom. The average Bonchev–Trinajstić information content (AvgIpc) is 2.87. The van der Waals surface area contributed by atoms with Gasteiger partial charge in [0.25, 0.3) is 0 Å². The van der Waals surface area contributed by atoms with Gasteiger partial charge in [-0.3, -0.25) is 4.79 Å². The molecule has 0 aliphatic heterocycles. The van der Waals surface area contributed by atoms with Gasteiger partial charge in [-0.05, 0) is 60.0 Å². The van der Waals surface area contributed by atoms with Gasteiger partial charge in [-0.2, -0.15) is 0 Å². The van der Waals surface area contributed by atoms with Crippen LogP contribution >= 0.6 is 0 Å². The lowest BCUT2D eigenvalue weighted by Gasteiger charge is -2.15. The summed E-state index contributed by atoms with van der Waals surface area (Å²) >= 11 is 0. The van der Waals surface area contributed by atoms with Gasteiger partial charge in [0.05, 0.1) is 6.61 Å². The lowest BCUT2D eigenvalue weighted by Crippen LogP contribution is -2.05. The van der Waals surface area contributed by atoms with Crippen LogP contribution in [-0.4, -0.2) is 26.6 Å². The Morgan fingerprint density at radius 2 is 1.38 bits per heavy atom. The summed E-state index contributed by atoms with van der Waals surface area (Å²) in [5.41, 5.74) is 5.67. The Bertz CT molecular complexity index is 919. The van der Waals surface area contributed by atoms with Gasteiger partial charge < -0.3 is 9.47 Å². The van der Waals surface area contributed by atoms with Gasteiger partial charge in [-0.25, -0.2) is 0 Å². The summed E-state index contributed by atoms with van der Waals surface area (Å²) in [6.45, 7) is 39.4. The van der Waals surface area contributed by atoms with Crippen molar-refractivity contribution < 1.29 is 14.3 Å². The second-order valence-electron chi connectivity index (χ2n) is 9.49. The number of allylic oxidation sites excluding steroid dienone is 11. The molecule has 1 atom stereocenters.